The van der Waals surface area contributed by atoms with Gasteiger partial charge in [0, 0.05) is 38.0 Å². The molecule has 3 atom stereocenters. The van der Waals surface area contributed by atoms with Crippen molar-refractivity contribution in [3.05, 3.63) is 99.9 Å². The summed E-state index contributed by atoms with van der Waals surface area (Å²) in [5.41, 5.74) is -1.05. The number of nitrogens with one attached hydrogen (secondary N) is 1. The summed E-state index contributed by atoms with van der Waals surface area (Å²) < 4.78 is 80.2. The van der Waals surface area contributed by atoms with E-state index in [1.54, 1.807) is 25.1 Å². The van der Waals surface area contributed by atoms with Crippen LogP contribution >= 0.6 is 0 Å². The molecule has 0 aliphatic carbocycles. The van der Waals surface area contributed by atoms with E-state index in [0.717, 1.165) is 5.56 Å². The quantitative estimate of drug-likeness (QED) is 0.371. The fourth-order valence-corrected chi connectivity index (χ4v) is 4.92. The lowest BCUT2D eigenvalue weighted by molar-refractivity contribution is -0.143. The number of hydrogen-bond donors (Lipinski definition) is 2. The number of aliphatic hydroxyl groups excluding tert-OH is 1. The number of aromatic nitrogens is 1. The van der Waals surface area contributed by atoms with E-state index >= 15 is 0 Å². The molecule has 2 amide bonds. The third kappa shape index (κ3) is 6.53. The fourth-order valence-electron chi connectivity index (χ4n) is 4.92. The second-order valence-corrected chi connectivity index (χ2v) is 10.2. The number of amides is 2. The SMILES string of the molecule is Cc1ccc(C2c3ccncc3C(=O)N(CC(C)CO)[C@H]2C(=O)NCc2cc(C(F)(F)F)cc(C(F)(F)F)c2)cc1. The van der Waals surface area contributed by atoms with E-state index in [4.69, 9.17) is 0 Å². The van der Waals surface area contributed by atoms with E-state index < -0.39 is 65.3 Å². The first-order valence-corrected chi connectivity index (χ1v) is 12.7. The number of fused-ring (bicyclic) bond motifs is 1. The van der Waals surface area contributed by atoms with Crippen LogP contribution in [0.15, 0.2) is 60.9 Å². The minimum absolute atomic E-state index is 0.0154. The topological polar surface area (TPSA) is 82.5 Å². The van der Waals surface area contributed by atoms with Crippen molar-refractivity contribution in [3.63, 3.8) is 0 Å². The Bertz CT molecular complexity index is 1390. The summed E-state index contributed by atoms with van der Waals surface area (Å²) in [6.07, 6.45) is -7.23. The maximum atomic E-state index is 13.8. The highest BCUT2D eigenvalue weighted by molar-refractivity contribution is 6.01. The van der Waals surface area contributed by atoms with Gasteiger partial charge in [-0.3, -0.25) is 14.6 Å². The summed E-state index contributed by atoms with van der Waals surface area (Å²) in [6, 6.07) is 8.72. The number of carbonyl (C=O) groups excluding carboxylic acids is 2. The van der Waals surface area contributed by atoms with Crippen molar-refractivity contribution in [1.29, 1.82) is 0 Å². The number of aliphatic hydroxyl groups is 1. The van der Waals surface area contributed by atoms with Gasteiger partial charge in [0.2, 0.25) is 5.91 Å². The Balaban J connectivity index is 1.76. The van der Waals surface area contributed by atoms with Crippen LogP contribution in [0.4, 0.5) is 26.3 Å². The summed E-state index contributed by atoms with van der Waals surface area (Å²) in [5, 5.41) is 12.2. The molecule has 0 radical (unpaired) electrons. The number of nitrogens with zero attached hydrogens (tertiary/aromatic N) is 2. The number of aryl methyl sites for hydroxylation is 1. The lowest BCUT2D eigenvalue weighted by Gasteiger charge is -2.42. The zero-order valence-corrected chi connectivity index (χ0v) is 22.1. The normalized spacial score (nSPS) is 18.2. The van der Waals surface area contributed by atoms with E-state index in [2.05, 4.69) is 10.3 Å². The summed E-state index contributed by atoms with van der Waals surface area (Å²) in [5.74, 6) is -2.48. The Hall–Kier alpha value is -3.93. The molecule has 2 N–H and O–H groups in total. The summed E-state index contributed by atoms with van der Waals surface area (Å²) in [7, 11) is 0. The molecule has 41 heavy (non-hydrogen) atoms. The number of alkyl halides is 6. The number of hydrogen-bond acceptors (Lipinski definition) is 4. The average Bonchev–Trinajstić information content (AvgIpc) is 2.92. The van der Waals surface area contributed by atoms with Gasteiger partial charge in [-0.2, -0.15) is 26.3 Å². The minimum atomic E-state index is -5.04. The van der Waals surface area contributed by atoms with Crippen LogP contribution in [0.5, 0.6) is 0 Å². The first kappa shape index (κ1) is 30.0. The molecule has 12 heteroatoms. The second-order valence-electron chi connectivity index (χ2n) is 10.2. The molecule has 1 aliphatic rings. The standard InChI is InChI=1S/C29H27F6N3O3/c1-16-3-5-19(6-4-16)24-22-7-8-36-13-23(22)27(41)38(14-17(2)15-39)25(24)26(40)37-12-18-9-20(28(30,31)32)11-21(10-18)29(33,34)35/h3-11,13,17,24-25,39H,12,14-15H2,1-2H3,(H,37,40)/t17?,24?,25-/m1/s1. The molecule has 0 fully saturated rings. The maximum Gasteiger partial charge on any atom is 0.416 e. The first-order valence-electron chi connectivity index (χ1n) is 12.7. The zero-order valence-electron chi connectivity index (χ0n) is 22.1. The largest absolute Gasteiger partial charge is 0.416 e. The van der Waals surface area contributed by atoms with Crippen LogP contribution in [0.2, 0.25) is 0 Å². The fraction of sp³-hybridized carbons (Fsp3) is 0.345. The molecular weight excluding hydrogens is 552 g/mol. The van der Waals surface area contributed by atoms with Gasteiger partial charge in [-0.1, -0.05) is 36.8 Å². The van der Waals surface area contributed by atoms with Crippen molar-refractivity contribution in [3.8, 4) is 0 Å². The molecule has 0 saturated heterocycles. The van der Waals surface area contributed by atoms with Crippen LogP contribution in [0.25, 0.3) is 0 Å². The summed E-state index contributed by atoms with van der Waals surface area (Å²) in [6.45, 7) is 2.56. The van der Waals surface area contributed by atoms with E-state index in [1.807, 2.05) is 19.1 Å². The van der Waals surface area contributed by atoms with Gasteiger partial charge in [0.1, 0.15) is 6.04 Å². The van der Waals surface area contributed by atoms with Crippen molar-refractivity contribution in [1.82, 2.24) is 15.2 Å². The van der Waals surface area contributed by atoms with Crippen LogP contribution in [-0.2, 0) is 23.7 Å². The van der Waals surface area contributed by atoms with Gasteiger partial charge in [0.25, 0.3) is 5.91 Å². The average molecular weight is 580 g/mol. The molecule has 3 aromatic rings. The Morgan fingerprint density at radius 3 is 2.20 bits per heavy atom. The Morgan fingerprint density at radius 1 is 1.02 bits per heavy atom. The van der Waals surface area contributed by atoms with Crippen LogP contribution in [0.3, 0.4) is 0 Å². The lowest BCUT2D eigenvalue weighted by Crippen LogP contribution is -2.57. The molecule has 0 bridgehead atoms. The van der Waals surface area contributed by atoms with E-state index in [-0.39, 0.29) is 24.8 Å². The zero-order chi connectivity index (χ0) is 30.1. The van der Waals surface area contributed by atoms with Gasteiger partial charge in [0.15, 0.2) is 0 Å². The number of rotatable bonds is 7. The number of benzene rings is 2. The maximum absolute atomic E-state index is 13.8. The van der Waals surface area contributed by atoms with Crippen molar-refractivity contribution in [2.45, 2.75) is 44.7 Å². The molecule has 6 nitrogen and oxygen atoms in total. The highest BCUT2D eigenvalue weighted by Crippen LogP contribution is 2.39. The number of carbonyl (C=O) groups is 2. The molecule has 1 aromatic heterocycles. The Morgan fingerprint density at radius 2 is 1.63 bits per heavy atom. The van der Waals surface area contributed by atoms with Gasteiger partial charge >= 0.3 is 12.4 Å². The molecule has 1 aliphatic heterocycles. The van der Waals surface area contributed by atoms with Gasteiger partial charge in [0.05, 0.1) is 16.7 Å². The van der Waals surface area contributed by atoms with Crippen molar-refractivity contribution < 1.29 is 41.0 Å². The lowest BCUT2D eigenvalue weighted by atomic mass is 9.78. The number of pyridine rings is 1. The molecule has 2 aromatic carbocycles. The van der Waals surface area contributed by atoms with Gasteiger partial charge in [-0.15, -0.1) is 0 Å². The molecular formula is C29H27F6N3O3. The molecule has 0 saturated carbocycles. The Kier molecular flexibility index (Phi) is 8.44. The summed E-state index contributed by atoms with van der Waals surface area (Å²) in [4.78, 5) is 32.7. The molecule has 218 valence electrons. The molecule has 0 spiro atoms. The third-order valence-corrected chi connectivity index (χ3v) is 6.97. The van der Waals surface area contributed by atoms with Crippen LogP contribution < -0.4 is 5.32 Å². The molecule has 2 unspecified atom stereocenters. The van der Waals surface area contributed by atoms with E-state index in [0.29, 0.717) is 23.3 Å². The van der Waals surface area contributed by atoms with Gasteiger partial charge in [-0.25, -0.2) is 0 Å². The third-order valence-electron chi connectivity index (χ3n) is 6.97. The van der Waals surface area contributed by atoms with E-state index in [1.165, 1.54) is 17.3 Å². The smallest absolute Gasteiger partial charge is 0.396 e. The predicted molar refractivity (Wildman–Crippen MR) is 137 cm³/mol. The van der Waals surface area contributed by atoms with Gasteiger partial charge in [-0.05, 0) is 53.8 Å². The minimum Gasteiger partial charge on any atom is -0.396 e. The van der Waals surface area contributed by atoms with Crippen LogP contribution in [-0.4, -0.2) is 46.0 Å². The predicted octanol–water partition coefficient (Wildman–Crippen LogP) is 5.33. The number of halogens is 6. The highest BCUT2D eigenvalue weighted by atomic mass is 19.4. The second kappa shape index (κ2) is 11.5. The van der Waals surface area contributed by atoms with Crippen LogP contribution in [0.1, 0.15) is 56.6 Å². The van der Waals surface area contributed by atoms with Crippen molar-refractivity contribution >= 4 is 11.8 Å². The van der Waals surface area contributed by atoms with Crippen molar-refractivity contribution in [2.24, 2.45) is 5.92 Å². The first-order chi connectivity index (χ1) is 19.2. The van der Waals surface area contributed by atoms with Crippen molar-refractivity contribution in [2.75, 3.05) is 13.2 Å². The highest BCUT2D eigenvalue weighted by Gasteiger charge is 2.45. The van der Waals surface area contributed by atoms with E-state index in [9.17, 15) is 41.0 Å². The molecule has 2 heterocycles. The monoisotopic (exact) mass is 579 g/mol. The molecule has 4 rings (SSSR count). The Labute approximate surface area is 232 Å². The summed E-state index contributed by atoms with van der Waals surface area (Å²) >= 11 is 0. The van der Waals surface area contributed by atoms with Gasteiger partial charge < -0.3 is 15.3 Å². The van der Waals surface area contributed by atoms with Crippen LogP contribution in [0, 0.1) is 12.8 Å².